The van der Waals surface area contributed by atoms with Gasteiger partial charge >= 0.3 is 0 Å². The van der Waals surface area contributed by atoms with Crippen LogP contribution in [-0.2, 0) is 11.4 Å². The smallest absolute Gasteiger partial charge is 0.234 e. The molecule has 0 spiro atoms. The van der Waals surface area contributed by atoms with Crippen molar-refractivity contribution in [3.05, 3.63) is 64.9 Å². The predicted molar refractivity (Wildman–Crippen MR) is 121 cm³/mol. The summed E-state index contributed by atoms with van der Waals surface area (Å²) in [5.41, 5.74) is -0.203. The summed E-state index contributed by atoms with van der Waals surface area (Å²) < 4.78 is 34.9. The van der Waals surface area contributed by atoms with Gasteiger partial charge in [0.15, 0.2) is 11.0 Å². The lowest BCUT2D eigenvalue weighted by Crippen LogP contribution is -2.17. The minimum atomic E-state index is -0.705. The summed E-state index contributed by atoms with van der Waals surface area (Å²) in [5, 5.41) is 11.9. The Hall–Kier alpha value is -2.65. The summed E-state index contributed by atoms with van der Waals surface area (Å²) in [5.74, 6) is -0.710. The van der Waals surface area contributed by atoms with Crippen molar-refractivity contribution in [1.82, 2.24) is 14.8 Å². The highest BCUT2D eigenvalue weighted by Gasteiger charge is 2.20. The normalized spacial score (nSPS) is 11.1. The summed E-state index contributed by atoms with van der Waals surface area (Å²) in [6.45, 7) is 4.27. The average molecular weight is 481 g/mol. The third kappa shape index (κ3) is 5.98. The lowest BCUT2D eigenvalue weighted by molar-refractivity contribution is -0.113. The molecule has 0 fully saturated rings. The Morgan fingerprint density at radius 2 is 1.94 bits per heavy atom. The van der Waals surface area contributed by atoms with Gasteiger partial charge < -0.3 is 14.6 Å². The van der Waals surface area contributed by atoms with Crippen molar-refractivity contribution in [2.45, 2.75) is 44.5 Å². The molecule has 32 heavy (non-hydrogen) atoms. The number of nitrogens with zero attached hydrogens (tertiary/aromatic N) is 3. The van der Waals surface area contributed by atoms with E-state index < -0.39 is 17.5 Å². The second kappa shape index (κ2) is 11.3. The maximum atomic E-state index is 13.8. The topological polar surface area (TPSA) is 69.0 Å². The summed E-state index contributed by atoms with van der Waals surface area (Å²) >= 11 is 7.33. The molecule has 0 aliphatic rings. The Morgan fingerprint density at radius 3 is 2.66 bits per heavy atom. The van der Waals surface area contributed by atoms with E-state index in [-0.39, 0.29) is 24.1 Å². The minimum absolute atomic E-state index is 0.0421. The van der Waals surface area contributed by atoms with E-state index in [9.17, 15) is 13.6 Å². The largest absolute Gasteiger partial charge is 0.484 e. The van der Waals surface area contributed by atoms with Crippen molar-refractivity contribution in [3.63, 3.8) is 0 Å². The predicted octanol–water partition coefficient (Wildman–Crippen LogP) is 5.88. The number of para-hydroxylation sites is 1. The number of rotatable bonds is 10. The molecule has 10 heteroatoms. The Labute approximate surface area is 194 Å². The zero-order chi connectivity index (χ0) is 23.1. The van der Waals surface area contributed by atoms with Crippen LogP contribution in [0, 0.1) is 11.6 Å². The highest BCUT2D eigenvalue weighted by atomic mass is 35.5. The molecule has 0 aliphatic carbocycles. The van der Waals surface area contributed by atoms with Crippen LogP contribution in [0.15, 0.2) is 47.6 Å². The first-order chi connectivity index (χ1) is 15.4. The second-order valence-electron chi connectivity index (χ2n) is 6.92. The zero-order valence-corrected chi connectivity index (χ0v) is 19.2. The molecule has 1 N–H and O–H groups in total. The number of halogens is 3. The molecule has 3 rings (SSSR count). The molecule has 1 heterocycles. The van der Waals surface area contributed by atoms with Crippen molar-refractivity contribution in [2.75, 3.05) is 11.1 Å². The Balaban J connectivity index is 1.72. The van der Waals surface area contributed by atoms with Crippen molar-refractivity contribution >= 4 is 35.0 Å². The molecule has 0 radical (unpaired) electrons. The van der Waals surface area contributed by atoms with Gasteiger partial charge in [0.25, 0.3) is 0 Å². The fourth-order valence-electron chi connectivity index (χ4n) is 3.14. The molecule has 0 saturated carbocycles. The van der Waals surface area contributed by atoms with Crippen LogP contribution in [0.25, 0.3) is 0 Å². The second-order valence-corrected chi connectivity index (χ2v) is 8.27. The Morgan fingerprint density at radius 1 is 1.19 bits per heavy atom. The summed E-state index contributed by atoms with van der Waals surface area (Å²) in [6, 6.07) is 10.2. The standard InChI is InChI=1S/C22H23ClF2N4O2S/c1-3-15(4-2)29-20(12-31-19-8-6-5-7-16(19)23)27-28-22(29)32-13-21(30)26-18-11-14(24)9-10-17(18)25/h5-11,15H,3-4,12-13H2,1-2H3,(H,26,30). The quantitative estimate of drug-likeness (QED) is 0.367. The van der Waals surface area contributed by atoms with Crippen molar-refractivity contribution < 1.29 is 18.3 Å². The first-order valence-electron chi connectivity index (χ1n) is 10.1. The molecule has 0 bridgehead atoms. The number of aromatic nitrogens is 3. The lowest BCUT2D eigenvalue weighted by Gasteiger charge is -2.19. The van der Waals surface area contributed by atoms with Crippen LogP contribution in [0.3, 0.4) is 0 Å². The Bertz CT molecular complexity index is 1080. The molecule has 1 amide bonds. The monoisotopic (exact) mass is 480 g/mol. The highest BCUT2D eigenvalue weighted by molar-refractivity contribution is 7.99. The summed E-state index contributed by atoms with van der Waals surface area (Å²) in [7, 11) is 0. The van der Waals surface area contributed by atoms with Gasteiger partial charge in [-0.15, -0.1) is 10.2 Å². The van der Waals surface area contributed by atoms with Crippen LogP contribution in [-0.4, -0.2) is 26.4 Å². The van der Waals surface area contributed by atoms with E-state index in [1.165, 1.54) is 11.8 Å². The number of thioether (sulfide) groups is 1. The first-order valence-corrected chi connectivity index (χ1v) is 11.5. The first kappa shape index (κ1) is 24.0. The fourth-order valence-corrected chi connectivity index (χ4v) is 4.15. The van der Waals surface area contributed by atoms with E-state index in [0.29, 0.717) is 21.8 Å². The van der Waals surface area contributed by atoms with E-state index in [1.54, 1.807) is 12.1 Å². The van der Waals surface area contributed by atoms with Crippen LogP contribution in [0.2, 0.25) is 5.02 Å². The molecule has 2 aromatic carbocycles. The SMILES string of the molecule is CCC(CC)n1c(COc2ccccc2Cl)nnc1SCC(=O)Nc1cc(F)ccc1F. The highest BCUT2D eigenvalue weighted by Crippen LogP contribution is 2.28. The van der Waals surface area contributed by atoms with E-state index in [1.807, 2.05) is 16.7 Å². The van der Waals surface area contributed by atoms with E-state index >= 15 is 0 Å². The van der Waals surface area contributed by atoms with Gasteiger partial charge in [-0.25, -0.2) is 8.78 Å². The molecule has 0 unspecified atom stereocenters. The molecule has 0 aliphatic heterocycles. The molecule has 0 atom stereocenters. The summed E-state index contributed by atoms with van der Waals surface area (Å²) in [4.78, 5) is 12.3. The van der Waals surface area contributed by atoms with Crippen molar-refractivity contribution in [1.29, 1.82) is 0 Å². The van der Waals surface area contributed by atoms with Gasteiger partial charge in [-0.1, -0.05) is 49.3 Å². The lowest BCUT2D eigenvalue weighted by atomic mass is 10.2. The number of ether oxygens (including phenoxy) is 1. The minimum Gasteiger partial charge on any atom is -0.484 e. The number of nitrogens with one attached hydrogen (secondary N) is 1. The van der Waals surface area contributed by atoms with E-state index in [2.05, 4.69) is 29.4 Å². The maximum absolute atomic E-state index is 13.8. The number of anilines is 1. The zero-order valence-electron chi connectivity index (χ0n) is 17.6. The van der Waals surface area contributed by atoms with Crippen LogP contribution in [0.1, 0.15) is 38.6 Å². The van der Waals surface area contributed by atoms with Gasteiger partial charge in [-0.2, -0.15) is 0 Å². The van der Waals surface area contributed by atoms with Crippen LogP contribution >= 0.6 is 23.4 Å². The van der Waals surface area contributed by atoms with E-state index in [4.69, 9.17) is 16.3 Å². The van der Waals surface area contributed by atoms with Gasteiger partial charge in [0.2, 0.25) is 5.91 Å². The molecular formula is C22H23ClF2N4O2S. The molecule has 170 valence electrons. The number of benzene rings is 2. The number of amides is 1. The third-order valence-electron chi connectivity index (χ3n) is 4.77. The summed E-state index contributed by atoms with van der Waals surface area (Å²) in [6.07, 6.45) is 1.67. The van der Waals surface area contributed by atoms with Crippen molar-refractivity contribution in [2.24, 2.45) is 0 Å². The number of carbonyl (C=O) groups is 1. The van der Waals surface area contributed by atoms with Crippen LogP contribution in [0.4, 0.5) is 14.5 Å². The molecule has 1 aromatic heterocycles. The van der Waals surface area contributed by atoms with Gasteiger partial charge in [0, 0.05) is 12.1 Å². The fraction of sp³-hybridized carbons (Fsp3) is 0.318. The molecule has 0 saturated heterocycles. The van der Waals surface area contributed by atoms with Gasteiger partial charge in [-0.3, -0.25) is 4.79 Å². The van der Waals surface area contributed by atoms with Gasteiger partial charge in [-0.05, 0) is 37.1 Å². The number of carbonyl (C=O) groups excluding carboxylic acids is 1. The molecule has 6 nitrogen and oxygen atoms in total. The van der Waals surface area contributed by atoms with E-state index in [0.717, 1.165) is 31.0 Å². The molecule has 3 aromatic rings. The molecular weight excluding hydrogens is 458 g/mol. The Kier molecular flexibility index (Phi) is 8.46. The van der Waals surface area contributed by atoms with Crippen molar-refractivity contribution in [3.8, 4) is 5.75 Å². The number of hydrogen-bond acceptors (Lipinski definition) is 5. The maximum Gasteiger partial charge on any atom is 0.234 e. The number of hydrogen-bond donors (Lipinski definition) is 1. The van der Waals surface area contributed by atoms with Crippen LogP contribution < -0.4 is 10.1 Å². The third-order valence-corrected chi connectivity index (χ3v) is 6.03. The van der Waals surface area contributed by atoms with Gasteiger partial charge in [0.1, 0.15) is 24.0 Å². The van der Waals surface area contributed by atoms with Crippen LogP contribution in [0.5, 0.6) is 5.75 Å². The van der Waals surface area contributed by atoms with Gasteiger partial charge in [0.05, 0.1) is 16.5 Å². The average Bonchev–Trinajstić information content (AvgIpc) is 3.18.